The summed E-state index contributed by atoms with van der Waals surface area (Å²) in [5.74, 6) is 0.781. The van der Waals surface area contributed by atoms with Crippen molar-refractivity contribution >= 4 is 5.69 Å². The number of nitrogens with zero attached hydrogens (tertiary/aromatic N) is 1. The molecule has 1 aliphatic carbocycles. The summed E-state index contributed by atoms with van der Waals surface area (Å²) in [5, 5.41) is 13.4. The molecule has 2 N–H and O–H groups in total. The van der Waals surface area contributed by atoms with Crippen molar-refractivity contribution in [2.45, 2.75) is 63.5 Å². The first kappa shape index (κ1) is 16.8. The zero-order chi connectivity index (χ0) is 15.9. The first-order chi connectivity index (χ1) is 11.4. The molecule has 0 amide bonds. The molecule has 1 aromatic rings. The third-order valence-corrected chi connectivity index (χ3v) is 5.73. The largest absolute Gasteiger partial charge is 0.396 e. The predicted molar refractivity (Wildman–Crippen MR) is 96.9 cm³/mol. The van der Waals surface area contributed by atoms with Gasteiger partial charge in [-0.15, -0.1) is 0 Å². The minimum atomic E-state index is 0.316. The number of benzene rings is 1. The van der Waals surface area contributed by atoms with E-state index in [9.17, 15) is 5.11 Å². The summed E-state index contributed by atoms with van der Waals surface area (Å²) in [4.78, 5) is 2.50. The van der Waals surface area contributed by atoms with Crippen molar-refractivity contribution < 1.29 is 5.11 Å². The molecule has 128 valence electrons. The van der Waals surface area contributed by atoms with Gasteiger partial charge in [-0.2, -0.15) is 0 Å². The van der Waals surface area contributed by atoms with Crippen LogP contribution in [0.25, 0.3) is 0 Å². The van der Waals surface area contributed by atoms with E-state index in [0.29, 0.717) is 18.7 Å². The van der Waals surface area contributed by atoms with Crippen LogP contribution >= 0.6 is 0 Å². The second kappa shape index (κ2) is 8.70. The Kier molecular flexibility index (Phi) is 6.35. The molecular formula is C20H32N2O. The number of hydrogen-bond donors (Lipinski definition) is 2. The van der Waals surface area contributed by atoms with Gasteiger partial charge in [-0.25, -0.2) is 0 Å². The van der Waals surface area contributed by atoms with Crippen LogP contribution in [-0.2, 0) is 0 Å². The van der Waals surface area contributed by atoms with Gasteiger partial charge >= 0.3 is 0 Å². The van der Waals surface area contributed by atoms with Gasteiger partial charge in [0.1, 0.15) is 0 Å². The van der Waals surface area contributed by atoms with Gasteiger partial charge < -0.3 is 15.3 Å². The van der Waals surface area contributed by atoms with Crippen LogP contribution < -0.4 is 10.2 Å². The van der Waals surface area contributed by atoms with Crippen LogP contribution in [0.2, 0.25) is 0 Å². The van der Waals surface area contributed by atoms with Crippen LogP contribution in [-0.4, -0.2) is 36.9 Å². The number of nitrogens with one attached hydrogen (secondary N) is 1. The van der Waals surface area contributed by atoms with Gasteiger partial charge in [-0.3, -0.25) is 0 Å². The minimum Gasteiger partial charge on any atom is -0.396 e. The number of aliphatic hydroxyl groups excluding tert-OH is 1. The molecule has 1 aliphatic heterocycles. The van der Waals surface area contributed by atoms with Crippen LogP contribution in [0.3, 0.4) is 0 Å². The molecule has 1 saturated carbocycles. The Morgan fingerprint density at radius 3 is 2.35 bits per heavy atom. The molecule has 3 rings (SSSR count). The van der Waals surface area contributed by atoms with E-state index in [1.807, 2.05) is 0 Å². The molecule has 1 unspecified atom stereocenters. The summed E-state index contributed by atoms with van der Waals surface area (Å²) in [6, 6.07) is 11.9. The molecule has 23 heavy (non-hydrogen) atoms. The maximum Gasteiger partial charge on any atom is 0.0445 e. The molecule has 1 saturated heterocycles. The van der Waals surface area contributed by atoms with Crippen molar-refractivity contribution in [1.29, 1.82) is 0 Å². The quantitative estimate of drug-likeness (QED) is 0.842. The SMILES string of the molecule is OCCC(NC1CCN(c2ccccc2)CC1)C1CCCCC1. The Balaban J connectivity index is 1.50. The van der Waals surface area contributed by atoms with E-state index in [4.69, 9.17) is 0 Å². The summed E-state index contributed by atoms with van der Waals surface area (Å²) in [7, 11) is 0. The molecule has 1 aromatic carbocycles. The molecule has 0 bridgehead atoms. The second-order valence-electron chi connectivity index (χ2n) is 7.28. The average molecular weight is 316 g/mol. The van der Waals surface area contributed by atoms with Crippen LogP contribution in [0, 0.1) is 5.92 Å². The number of para-hydroxylation sites is 1. The Morgan fingerprint density at radius 1 is 1.00 bits per heavy atom. The van der Waals surface area contributed by atoms with E-state index in [-0.39, 0.29) is 0 Å². The second-order valence-corrected chi connectivity index (χ2v) is 7.28. The Morgan fingerprint density at radius 2 is 1.70 bits per heavy atom. The fraction of sp³-hybridized carbons (Fsp3) is 0.700. The summed E-state index contributed by atoms with van der Waals surface area (Å²) >= 11 is 0. The molecule has 0 radical (unpaired) electrons. The highest BCUT2D eigenvalue weighted by molar-refractivity contribution is 5.46. The van der Waals surface area contributed by atoms with E-state index in [1.54, 1.807) is 0 Å². The van der Waals surface area contributed by atoms with Crippen LogP contribution in [0.1, 0.15) is 51.4 Å². The summed E-state index contributed by atoms with van der Waals surface area (Å²) in [6.07, 6.45) is 10.2. The Hall–Kier alpha value is -1.06. The summed E-state index contributed by atoms with van der Waals surface area (Å²) in [5.41, 5.74) is 1.35. The molecule has 0 spiro atoms. The predicted octanol–water partition coefficient (Wildman–Crippen LogP) is 3.58. The van der Waals surface area contributed by atoms with Crippen LogP contribution in [0.4, 0.5) is 5.69 Å². The lowest BCUT2D eigenvalue weighted by Crippen LogP contribution is -2.49. The first-order valence-electron chi connectivity index (χ1n) is 9.53. The summed E-state index contributed by atoms with van der Waals surface area (Å²) < 4.78 is 0. The zero-order valence-electron chi connectivity index (χ0n) is 14.3. The molecule has 0 aromatic heterocycles. The smallest absolute Gasteiger partial charge is 0.0445 e. The Bertz CT molecular complexity index is 436. The highest BCUT2D eigenvalue weighted by atomic mass is 16.3. The molecule has 3 heteroatoms. The first-order valence-corrected chi connectivity index (χ1v) is 9.53. The lowest BCUT2D eigenvalue weighted by molar-refractivity contribution is 0.189. The van der Waals surface area contributed by atoms with Crippen molar-refractivity contribution in [2.24, 2.45) is 5.92 Å². The van der Waals surface area contributed by atoms with Gasteiger partial charge in [0.15, 0.2) is 0 Å². The molecular weight excluding hydrogens is 284 g/mol. The van der Waals surface area contributed by atoms with E-state index < -0.39 is 0 Å². The lowest BCUT2D eigenvalue weighted by Gasteiger charge is -2.38. The van der Waals surface area contributed by atoms with Gasteiger partial charge in [0.05, 0.1) is 0 Å². The molecule has 3 nitrogen and oxygen atoms in total. The standard InChI is InChI=1S/C20H32N2O/c23-16-13-20(17-7-3-1-4-8-17)21-18-11-14-22(15-12-18)19-9-5-2-6-10-19/h2,5-6,9-10,17-18,20-21,23H,1,3-4,7-8,11-16H2. The lowest BCUT2D eigenvalue weighted by atomic mass is 9.82. The van der Waals surface area contributed by atoms with Crippen molar-refractivity contribution in [2.75, 3.05) is 24.6 Å². The van der Waals surface area contributed by atoms with E-state index in [2.05, 4.69) is 40.5 Å². The normalized spacial score (nSPS) is 22.2. The fourth-order valence-corrected chi connectivity index (χ4v) is 4.38. The monoisotopic (exact) mass is 316 g/mol. The van der Waals surface area contributed by atoms with E-state index in [0.717, 1.165) is 25.4 Å². The van der Waals surface area contributed by atoms with Crippen molar-refractivity contribution in [3.05, 3.63) is 30.3 Å². The Labute approximate surface area is 141 Å². The van der Waals surface area contributed by atoms with Crippen molar-refractivity contribution in [1.82, 2.24) is 5.32 Å². The van der Waals surface area contributed by atoms with Crippen molar-refractivity contribution in [3.63, 3.8) is 0 Å². The molecule has 2 aliphatic rings. The van der Waals surface area contributed by atoms with Gasteiger partial charge in [-0.05, 0) is 50.2 Å². The van der Waals surface area contributed by atoms with Gasteiger partial charge in [0, 0.05) is 37.5 Å². The van der Waals surface area contributed by atoms with Gasteiger partial charge in [0.2, 0.25) is 0 Å². The number of aliphatic hydroxyl groups is 1. The third kappa shape index (κ3) is 4.71. The summed E-state index contributed by atoms with van der Waals surface area (Å²) in [6.45, 7) is 2.59. The van der Waals surface area contributed by atoms with Crippen molar-refractivity contribution in [3.8, 4) is 0 Å². The van der Waals surface area contributed by atoms with Gasteiger partial charge in [0.25, 0.3) is 0 Å². The molecule has 1 atom stereocenters. The van der Waals surface area contributed by atoms with Gasteiger partial charge in [-0.1, -0.05) is 37.5 Å². The zero-order valence-corrected chi connectivity index (χ0v) is 14.3. The highest BCUT2D eigenvalue weighted by Gasteiger charge is 2.27. The van der Waals surface area contributed by atoms with Crippen LogP contribution in [0.5, 0.6) is 0 Å². The van der Waals surface area contributed by atoms with Crippen LogP contribution in [0.15, 0.2) is 30.3 Å². The van der Waals surface area contributed by atoms with E-state index >= 15 is 0 Å². The van der Waals surface area contributed by atoms with E-state index in [1.165, 1.54) is 50.6 Å². The molecule has 2 fully saturated rings. The number of rotatable bonds is 6. The number of hydrogen-bond acceptors (Lipinski definition) is 3. The maximum absolute atomic E-state index is 9.44. The highest BCUT2D eigenvalue weighted by Crippen LogP contribution is 2.29. The number of piperidine rings is 1. The average Bonchev–Trinajstić information content (AvgIpc) is 2.63. The number of anilines is 1. The fourth-order valence-electron chi connectivity index (χ4n) is 4.38. The maximum atomic E-state index is 9.44. The topological polar surface area (TPSA) is 35.5 Å². The third-order valence-electron chi connectivity index (χ3n) is 5.73. The minimum absolute atomic E-state index is 0.316. The molecule has 1 heterocycles.